The number of hydrogen-bond donors (Lipinski definition) is 0. The molecule has 0 saturated heterocycles. The van der Waals surface area contributed by atoms with Crippen LogP contribution in [0.1, 0.15) is 22.3 Å². The van der Waals surface area contributed by atoms with Crippen molar-refractivity contribution in [2.24, 2.45) is 0 Å². The molecule has 0 radical (unpaired) electrons. The standard InChI is InChI=1S/C25H27NO3/c1-26(2)18-20(17-19-11-13-22(14-12-19)25(27)28-3)15-16-29-24-10-6-8-21-7-4-5-9-23(21)24/h4-14,17H,15-16,18H2,1-3H3/b20-17-. The van der Waals surface area contributed by atoms with Crippen LogP contribution >= 0.6 is 0 Å². The molecule has 0 aliphatic carbocycles. The van der Waals surface area contributed by atoms with E-state index >= 15 is 0 Å². The van der Waals surface area contributed by atoms with Gasteiger partial charge in [0.05, 0.1) is 19.3 Å². The van der Waals surface area contributed by atoms with Crippen molar-refractivity contribution in [3.8, 4) is 5.75 Å². The van der Waals surface area contributed by atoms with Crippen molar-refractivity contribution in [3.05, 3.63) is 83.4 Å². The molecule has 0 saturated carbocycles. The van der Waals surface area contributed by atoms with Crippen LogP contribution in [-0.4, -0.2) is 45.2 Å². The molecule has 4 heteroatoms. The first-order valence-corrected chi connectivity index (χ1v) is 9.70. The molecule has 0 fully saturated rings. The van der Waals surface area contributed by atoms with E-state index in [1.54, 1.807) is 12.1 Å². The Labute approximate surface area is 172 Å². The van der Waals surface area contributed by atoms with Crippen LogP contribution in [0, 0.1) is 0 Å². The highest BCUT2D eigenvalue weighted by Gasteiger charge is 2.06. The predicted octanol–water partition coefficient (Wildman–Crippen LogP) is 5.04. The van der Waals surface area contributed by atoms with E-state index in [0.29, 0.717) is 12.2 Å². The molecule has 0 atom stereocenters. The summed E-state index contributed by atoms with van der Waals surface area (Å²) >= 11 is 0. The Hall–Kier alpha value is -3.11. The summed E-state index contributed by atoms with van der Waals surface area (Å²) in [4.78, 5) is 13.7. The second kappa shape index (κ2) is 9.89. The van der Waals surface area contributed by atoms with E-state index in [1.165, 1.54) is 18.1 Å². The van der Waals surface area contributed by atoms with Gasteiger partial charge in [-0.3, -0.25) is 0 Å². The molecule has 0 aliphatic heterocycles. The van der Waals surface area contributed by atoms with Gasteiger partial charge in [-0.1, -0.05) is 60.2 Å². The van der Waals surface area contributed by atoms with Crippen molar-refractivity contribution >= 4 is 22.8 Å². The fourth-order valence-electron chi connectivity index (χ4n) is 3.29. The Morgan fingerprint density at radius 1 is 0.966 bits per heavy atom. The Morgan fingerprint density at radius 2 is 1.69 bits per heavy atom. The van der Waals surface area contributed by atoms with E-state index in [1.807, 2.05) is 36.4 Å². The summed E-state index contributed by atoms with van der Waals surface area (Å²) in [7, 11) is 5.50. The zero-order chi connectivity index (χ0) is 20.6. The Kier molecular flexibility index (Phi) is 7.04. The molecular weight excluding hydrogens is 362 g/mol. The lowest BCUT2D eigenvalue weighted by Crippen LogP contribution is -2.16. The number of methoxy groups -OCH3 is 1. The number of likely N-dealkylation sites (N-methyl/N-ethyl adjacent to an activating group) is 1. The number of carbonyl (C=O) groups is 1. The average molecular weight is 389 g/mol. The summed E-state index contributed by atoms with van der Waals surface area (Å²) in [6.45, 7) is 1.45. The number of rotatable bonds is 8. The highest BCUT2D eigenvalue weighted by molar-refractivity contribution is 5.89. The van der Waals surface area contributed by atoms with Crippen LogP contribution in [0.3, 0.4) is 0 Å². The fraction of sp³-hybridized carbons (Fsp3) is 0.240. The molecular formula is C25H27NO3. The minimum absolute atomic E-state index is 0.322. The van der Waals surface area contributed by atoms with Crippen LogP contribution in [0.25, 0.3) is 16.8 Å². The summed E-state index contributed by atoms with van der Waals surface area (Å²) in [5, 5.41) is 2.31. The fourth-order valence-corrected chi connectivity index (χ4v) is 3.29. The number of benzene rings is 3. The lowest BCUT2D eigenvalue weighted by Gasteiger charge is -2.15. The van der Waals surface area contributed by atoms with E-state index < -0.39 is 0 Å². The van der Waals surface area contributed by atoms with Gasteiger partial charge in [0.2, 0.25) is 0 Å². The SMILES string of the molecule is COC(=O)c1ccc(/C=C(/CCOc2cccc3ccccc23)CN(C)C)cc1. The molecule has 0 N–H and O–H groups in total. The second-order valence-corrected chi connectivity index (χ2v) is 7.23. The lowest BCUT2D eigenvalue weighted by molar-refractivity contribution is 0.0600. The van der Waals surface area contributed by atoms with E-state index in [0.717, 1.165) is 29.7 Å². The van der Waals surface area contributed by atoms with Crippen LogP contribution in [0.4, 0.5) is 0 Å². The summed E-state index contributed by atoms with van der Waals surface area (Å²) < 4.78 is 10.9. The Bertz CT molecular complexity index is 985. The molecule has 0 amide bonds. The van der Waals surface area contributed by atoms with Gasteiger partial charge in [-0.25, -0.2) is 4.79 Å². The molecule has 0 aliphatic rings. The minimum Gasteiger partial charge on any atom is -0.493 e. The van der Waals surface area contributed by atoms with Crippen LogP contribution in [0.15, 0.2) is 72.3 Å². The van der Waals surface area contributed by atoms with Gasteiger partial charge < -0.3 is 14.4 Å². The molecule has 0 heterocycles. The topological polar surface area (TPSA) is 38.8 Å². The number of fused-ring (bicyclic) bond motifs is 1. The molecule has 0 aromatic heterocycles. The largest absolute Gasteiger partial charge is 0.493 e. The number of nitrogens with zero attached hydrogens (tertiary/aromatic N) is 1. The van der Waals surface area contributed by atoms with Crippen molar-refractivity contribution in [2.45, 2.75) is 6.42 Å². The number of esters is 1. The Balaban J connectivity index is 1.70. The van der Waals surface area contributed by atoms with Crippen LogP contribution in [0.5, 0.6) is 5.75 Å². The first kappa shape index (κ1) is 20.6. The second-order valence-electron chi connectivity index (χ2n) is 7.23. The van der Waals surface area contributed by atoms with Gasteiger partial charge in [-0.15, -0.1) is 0 Å². The van der Waals surface area contributed by atoms with Crippen molar-refractivity contribution in [2.75, 3.05) is 34.4 Å². The van der Waals surface area contributed by atoms with E-state index in [4.69, 9.17) is 9.47 Å². The van der Waals surface area contributed by atoms with Gasteiger partial charge in [0, 0.05) is 18.4 Å². The van der Waals surface area contributed by atoms with Crippen molar-refractivity contribution in [1.29, 1.82) is 0 Å². The predicted molar refractivity (Wildman–Crippen MR) is 118 cm³/mol. The van der Waals surface area contributed by atoms with E-state index in [9.17, 15) is 4.79 Å². The molecule has 3 aromatic rings. The van der Waals surface area contributed by atoms with E-state index in [-0.39, 0.29) is 5.97 Å². The highest BCUT2D eigenvalue weighted by atomic mass is 16.5. The quantitative estimate of drug-likeness (QED) is 0.506. The number of carbonyl (C=O) groups excluding carboxylic acids is 1. The minimum atomic E-state index is -0.322. The normalized spacial score (nSPS) is 11.7. The zero-order valence-corrected chi connectivity index (χ0v) is 17.2. The van der Waals surface area contributed by atoms with Gasteiger partial charge in [0.25, 0.3) is 0 Å². The summed E-state index contributed by atoms with van der Waals surface area (Å²) in [6, 6.07) is 21.8. The van der Waals surface area contributed by atoms with Crippen LogP contribution < -0.4 is 4.74 Å². The maximum atomic E-state index is 11.6. The van der Waals surface area contributed by atoms with Gasteiger partial charge in [0.1, 0.15) is 5.75 Å². The van der Waals surface area contributed by atoms with Gasteiger partial charge in [0.15, 0.2) is 0 Å². The van der Waals surface area contributed by atoms with Gasteiger partial charge in [-0.2, -0.15) is 0 Å². The van der Waals surface area contributed by atoms with Crippen LogP contribution in [0.2, 0.25) is 0 Å². The first-order chi connectivity index (χ1) is 14.1. The van der Waals surface area contributed by atoms with Crippen LogP contribution in [-0.2, 0) is 4.74 Å². The number of ether oxygens (including phenoxy) is 2. The summed E-state index contributed by atoms with van der Waals surface area (Å²) in [6.07, 6.45) is 2.98. The molecule has 0 bridgehead atoms. The third kappa shape index (κ3) is 5.69. The Morgan fingerprint density at radius 3 is 2.41 bits per heavy atom. The maximum absolute atomic E-state index is 11.6. The zero-order valence-electron chi connectivity index (χ0n) is 17.2. The summed E-state index contributed by atoms with van der Waals surface area (Å²) in [5.41, 5.74) is 2.87. The smallest absolute Gasteiger partial charge is 0.337 e. The van der Waals surface area contributed by atoms with E-state index in [2.05, 4.69) is 43.3 Å². The molecule has 4 nitrogen and oxygen atoms in total. The van der Waals surface area contributed by atoms with Crippen molar-refractivity contribution in [1.82, 2.24) is 4.90 Å². The number of hydrogen-bond acceptors (Lipinski definition) is 4. The molecule has 0 spiro atoms. The maximum Gasteiger partial charge on any atom is 0.337 e. The molecule has 3 rings (SSSR count). The van der Waals surface area contributed by atoms with Gasteiger partial charge in [-0.05, 0) is 43.2 Å². The third-order valence-corrected chi connectivity index (χ3v) is 4.65. The highest BCUT2D eigenvalue weighted by Crippen LogP contribution is 2.25. The lowest BCUT2D eigenvalue weighted by atomic mass is 10.1. The van der Waals surface area contributed by atoms with Gasteiger partial charge >= 0.3 is 5.97 Å². The summed E-state index contributed by atoms with van der Waals surface area (Å²) in [5.74, 6) is 0.590. The average Bonchev–Trinajstić information content (AvgIpc) is 2.73. The molecule has 0 unspecified atom stereocenters. The molecule has 3 aromatic carbocycles. The molecule has 29 heavy (non-hydrogen) atoms. The molecule has 150 valence electrons. The monoisotopic (exact) mass is 389 g/mol. The van der Waals surface area contributed by atoms with Crippen molar-refractivity contribution < 1.29 is 14.3 Å². The van der Waals surface area contributed by atoms with Crippen molar-refractivity contribution in [3.63, 3.8) is 0 Å². The first-order valence-electron chi connectivity index (χ1n) is 9.70. The third-order valence-electron chi connectivity index (χ3n) is 4.65.